The van der Waals surface area contributed by atoms with Crippen LogP contribution in [0.1, 0.15) is 49.7 Å². The highest BCUT2D eigenvalue weighted by atomic mass is 16.4. The van der Waals surface area contributed by atoms with E-state index in [1.165, 1.54) is 0 Å². The summed E-state index contributed by atoms with van der Waals surface area (Å²) < 4.78 is 0. The molecule has 0 aliphatic rings. The van der Waals surface area contributed by atoms with Gasteiger partial charge in [-0.1, -0.05) is 38.1 Å². The van der Waals surface area contributed by atoms with Gasteiger partial charge in [-0.25, -0.2) is 0 Å². The zero-order valence-electron chi connectivity index (χ0n) is 14.5. The van der Waals surface area contributed by atoms with Crippen molar-refractivity contribution in [3.63, 3.8) is 0 Å². The van der Waals surface area contributed by atoms with E-state index >= 15 is 0 Å². The van der Waals surface area contributed by atoms with Gasteiger partial charge in [-0.15, -0.1) is 0 Å². The Morgan fingerprint density at radius 1 is 0.920 bits per heavy atom. The van der Waals surface area contributed by atoms with Crippen molar-refractivity contribution in [2.45, 2.75) is 38.5 Å². The van der Waals surface area contributed by atoms with Gasteiger partial charge in [0.15, 0.2) is 0 Å². The Morgan fingerprint density at radius 2 is 1.40 bits per heavy atom. The molecule has 2 aromatic rings. The third-order valence-corrected chi connectivity index (χ3v) is 4.35. The van der Waals surface area contributed by atoms with Gasteiger partial charge in [0.1, 0.15) is 0 Å². The fourth-order valence-corrected chi connectivity index (χ4v) is 2.88. The van der Waals surface area contributed by atoms with Gasteiger partial charge in [0.05, 0.1) is 11.8 Å². The molecule has 0 aliphatic heterocycles. The monoisotopic (exact) mass is 340 g/mol. The summed E-state index contributed by atoms with van der Waals surface area (Å²) in [6.45, 7) is 3.80. The summed E-state index contributed by atoms with van der Waals surface area (Å²) in [6.07, 6.45) is 1.20. The second-order valence-corrected chi connectivity index (χ2v) is 6.04. The van der Waals surface area contributed by atoms with Crippen LogP contribution < -0.4 is 11.1 Å². The lowest BCUT2D eigenvalue weighted by Crippen LogP contribution is -2.20. The normalized spacial score (nSPS) is 13.0. The minimum atomic E-state index is -0.839. The Bertz CT molecular complexity index is 724. The molecule has 0 heterocycles. The number of anilines is 2. The molecule has 0 spiro atoms. The Morgan fingerprint density at radius 3 is 1.88 bits per heavy atom. The van der Waals surface area contributed by atoms with Gasteiger partial charge in [0.2, 0.25) is 5.91 Å². The summed E-state index contributed by atoms with van der Waals surface area (Å²) in [5, 5.41) is 12.1. The summed E-state index contributed by atoms with van der Waals surface area (Å²) in [7, 11) is 0. The molecular formula is C20H24N2O3. The van der Waals surface area contributed by atoms with E-state index in [2.05, 4.69) is 5.32 Å². The fraction of sp³-hybridized carbons (Fsp3) is 0.300. The molecule has 1 amide bonds. The molecule has 0 saturated carbocycles. The number of hydrogen-bond donors (Lipinski definition) is 3. The van der Waals surface area contributed by atoms with E-state index in [4.69, 9.17) is 5.73 Å². The zero-order chi connectivity index (χ0) is 18.4. The van der Waals surface area contributed by atoms with Crippen LogP contribution >= 0.6 is 0 Å². The van der Waals surface area contributed by atoms with Crippen LogP contribution in [-0.2, 0) is 9.59 Å². The molecule has 5 heteroatoms. The molecule has 25 heavy (non-hydrogen) atoms. The molecular weight excluding hydrogens is 316 g/mol. The molecule has 0 saturated heterocycles. The van der Waals surface area contributed by atoms with Gasteiger partial charge < -0.3 is 16.2 Å². The molecule has 2 rings (SSSR count). The number of nitrogen functional groups attached to an aromatic ring is 1. The molecule has 0 aromatic heterocycles. The topological polar surface area (TPSA) is 92.4 Å². The first kappa shape index (κ1) is 18.5. The number of amides is 1. The van der Waals surface area contributed by atoms with Gasteiger partial charge in [0, 0.05) is 11.4 Å². The predicted molar refractivity (Wildman–Crippen MR) is 99.6 cm³/mol. The van der Waals surface area contributed by atoms with Gasteiger partial charge in [-0.05, 0) is 48.2 Å². The average molecular weight is 340 g/mol. The second kappa shape index (κ2) is 8.33. The number of hydrogen-bond acceptors (Lipinski definition) is 3. The van der Waals surface area contributed by atoms with Gasteiger partial charge in [-0.3, -0.25) is 9.59 Å². The smallest absolute Gasteiger partial charge is 0.310 e. The fourth-order valence-electron chi connectivity index (χ4n) is 2.88. The number of carboxylic acid groups (broad SMARTS) is 1. The van der Waals surface area contributed by atoms with E-state index in [1.54, 1.807) is 36.4 Å². The van der Waals surface area contributed by atoms with Crippen LogP contribution in [0.5, 0.6) is 0 Å². The number of carbonyl (C=O) groups excluding carboxylic acids is 1. The van der Waals surface area contributed by atoms with Crippen molar-refractivity contribution in [3.05, 3.63) is 59.7 Å². The third-order valence-electron chi connectivity index (χ3n) is 4.35. The zero-order valence-corrected chi connectivity index (χ0v) is 14.5. The van der Waals surface area contributed by atoms with Crippen molar-refractivity contribution in [1.82, 2.24) is 0 Å². The average Bonchev–Trinajstić information content (AvgIpc) is 2.59. The lowest BCUT2D eigenvalue weighted by Gasteiger charge is -2.16. The summed E-state index contributed by atoms with van der Waals surface area (Å²) in [4.78, 5) is 23.8. The van der Waals surface area contributed by atoms with Crippen LogP contribution in [0.4, 0.5) is 11.4 Å². The molecule has 0 radical (unpaired) electrons. The maximum absolute atomic E-state index is 12.6. The van der Waals surface area contributed by atoms with Crippen molar-refractivity contribution in [2.24, 2.45) is 0 Å². The molecule has 4 N–H and O–H groups in total. The second-order valence-electron chi connectivity index (χ2n) is 6.04. The van der Waals surface area contributed by atoms with E-state index in [1.807, 2.05) is 26.0 Å². The van der Waals surface area contributed by atoms with Crippen LogP contribution in [0.25, 0.3) is 0 Å². The summed E-state index contributed by atoms with van der Waals surface area (Å²) >= 11 is 0. The SMILES string of the molecule is CCC(C(=O)O)c1ccc(NC(=O)C(CC)c2ccc(N)cc2)cc1. The molecule has 0 aliphatic carbocycles. The maximum atomic E-state index is 12.6. The first-order chi connectivity index (χ1) is 12.0. The molecule has 0 bridgehead atoms. The molecule has 2 aromatic carbocycles. The Balaban J connectivity index is 2.11. The maximum Gasteiger partial charge on any atom is 0.310 e. The van der Waals surface area contributed by atoms with Crippen molar-refractivity contribution in [1.29, 1.82) is 0 Å². The number of nitrogens with two attached hydrogens (primary N) is 1. The van der Waals surface area contributed by atoms with Crippen molar-refractivity contribution < 1.29 is 14.7 Å². The van der Waals surface area contributed by atoms with E-state index in [9.17, 15) is 14.7 Å². The molecule has 0 fully saturated rings. The number of carboxylic acids is 1. The highest BCUT2D eigenvalue weighted by molar-refractivity contribution is 5.96. The number of carbonyl (C=O) groups is 2. The van der Waals surface area contributed by atoms with Crippen LogP contribution in [0, 0.1) is 0 Å². The molecule has 2 atom stereocenters. The highest BCUT2D eigenvalue weighted by Crippen LogP contribution is 2.25. The Kier molecular flexibility index (Phi) is 6.17. The van der Waals surface area contributed by atoms with E-state index in [0.717, 1.165) is 11.1 Å². The lowest BCUT2D eigenvalue weighted by atomic mass is 9.94. The van der Waals surface area contributed by atoms with Crippen LogP contribution in [0.2, 0.25) is 0 Å². The quantitative estimate of drug-likeness (QED) is 0.665. The van der Waals surface area contributed by atoms with Crippen LogP contribution in [0.3, 0.4) is 0 Å². The van der Waals surface area contributed by atoms with Crippen molar-refractivity contribution in [2.75, 3.05) is 11.1 Å². The highest BCUT2D eigenvalue weighted by Gasteiger charge is 2.20. The lowest BCUT2D eigenvalue weighted by molar-refractivity contribution is -0.138. The molecule has 132 valence electrons. The number of rotatable bonds is 7. The van der Waals surface area contributed by atoms with Crippen molar-refractivity contribution >= 4 is 23.3 Å². The largest absolute Gasteiger partial charge is 0.481 e. The number of aliphatic carboxylic acids is 1. The predicted octanol–water partition coefficient (Wildman–Crippen LogP) is 3.98. The number of nitrogens with one attached hydrogen (secondary N) is 1. The van der Waals surface area contributed by atoms with E-state index in [0.29, 0.717) is 24.2 Å². The standard InChI is InChI=1S/C20H24N2O3/c1-3-17(13-5-9-15(21)10-6-13)19(23)22-16-11-7-14(8-12-16)18(4-2)20(24)25/h5-12,17-18H,3-4,21H2,1-2H3,(H,22,23)(H,24,25). The van der Waals surface area contributed by atoms with Crippen molar-refractivity contribution in [3.8, 4) is 0 Å². The molecule has 5 nitrogen and oxygen atoms in total. The van der Waals surface area contributed by atoms with E-state index < -0.39 is 11.9 Å². The van der Waals surface area contributed by atoms with Crippen LogP contribution in [-0.4, -0.2) is 17.0 Å². The Labute approximate surface area is 147 Å². The number of benzene rings is 2. The third kappa shape index (κ3) is 4.59. The Hall–Kier alpha value is -2.82. The summed E-state index contributed by atoms with van der Waals surface area (Å²) in [5.74, 6) is -1.72. The van der Waals surface area contributed by atoms with Gasteiger partial charge >= 0.3 is 5.97 Å². The minimum absolute atomic E-state index is 0.0923. The van der Waals surface area contributed by atoms with Gasteiger partial charge in [0.25, 0.3) is 0 Å². The molecule has 2 unspecified atom stereocenters. The first-order valence-electron chi connectivity index (χ1n) is 8.45. The van der Waals surface area contributed by atoms with Crippen LogP contribution in [0.15, 0.2) is 48.5 Å². The first-order valence-corrected chi connectivity index (χ1v) is 8.45. The summed E-state index contributed by atoms with van der Waals surface area (Å²) in [6, 6.07) is 14.3. The van der Waals surface area contributed by atoms with Gasteiger partial charge in [-0.2, -0.15) is 0 Å². The minimum Gasteiger partial charge on any atom is -0.481 e. The summed E-state index contributed by atoms with van der Waals surface area (Å²) in [5.41, 5.74) is 8.67. The van der Waals surface area contributed by atoms with E-state index in [-0.39, 0.29) is 11.8 Å².